The van der Waals surface area contributed by atoms with Gasteiger partial charge in [0.05, 0.1) is 6.42 Å². The average Bonchev–Trinajstić information content (AvgIpc) is 2.26. The van der Waals surface area contributed by atoms with E-state index in [1.54, 1.807) is 0 Å². The van der Waals surface area contributed by atoms with E-state index >= 15 is 0 Å². The fourth-order valence-corrected chi connectivity index (χ4v) is 1.38. The van der Waals surface area contributed by atoms with E-state index < -0.39 is 0 Å². The summed E-state index contributed by atoms with van der Waals surface area (Å²) in [5, 5.41) is 0. The van der Waals surface area contributed by atoms with E-state index in [2.05, 4.69) is 13.2 Å². The number of benzene rings is 1. The van der Waals surface area contributed by atoms with Crippen molar-refractivity contribution in [3.8, 4) is 0 Å². The molecule has 0 aromatic heterocycles. The van der Waals surface area contributed by atoms with Crippen LogP contribution in [-0.4, -0.2) is 5.91 Å². The zero-order valence-electron chi connectivity index (χ0n) is 10.1. The van der Waals surface area contributed by atoms with Crippen LogP contribution in [0.15, 0.2) is 55.1 Å². The number of amides is 1. The van der Waals surface area contributed by atoms with Crippen molar-refractivity contribution < 1.29 is 4.79 Å². The lowest BCUT2D eigenvalue weighted by molar-refractivity contribution is -0.117. The Morgan fingerprint density at radius 2 is 1.82 bits per heavy atom. The molecule has 0 spiro atoms. The molecule has 0 atom stereocenters. The van der Waals surface area contributed by atoms with Crippen molar-refractivity contribution in [3.05, 3.63) is 66.3 Å². The third kappa shape index (κ3) is 4.51. The number of carbonyl (C=O) groups excluding carboxylic acids is 1. The van der Waals surface area contributed by atoms with Gasteiger partial charge >= 0.3 is 0 Å². The van der Waals surface area contributed by atoms with Crippen LogP contribution in [0, 0.1) is 0 Å². The highest BCUT2D eigenvalue weighted by molar-refractivity contribution is 5.77. The summed E-state index contributed by atoms with van der Waals surface area (Å²) in [6, 6.07) is 7.65. The molecule has 0 fully saturated rings. The fourth-order valence-electron chi connectivity index (χ4n) is 1.38. The molecule has 1 amide bonds. The van der Waals surface area contributed by atoms with E-state index in [1.165, 1.54) is 0 Å². The Morgan fingerprint density at radius 3 is 2.29 bits per heavy atom. The van der Waals surface area contributed by atoms with Gasteiger partial charge in [0.1, 0.15) is 0 Å². The minimum atomic E-state index is -0.321. The topological polar surface area (TPSA) is 43.1 Å². The van der Waals surface area contributed by atoms with Crippen LogP contribution < -0.4 is 5.73 Å². The Balaban J connectivity index is 2.77. The predicted molar refractivity (Wildman–Crippen MR) is 72.3 cm³/mol. The summed E-state index contributed by atoms with van der Waals surface area (Å²) < 4.78 is 0. The van der Waals surface area contributed by atoms with Crippen molar-refractivity contribution in [3.63, 3.8) is 0 Å². The number of hydrogen-bond acceptors (Lipinski definition) is 1. The lowest BCUT2D eigenvalue weighted by Gasteiger charge is -2.02. The van der Waals surface area contributed by atoms with Gasteiger partial charge in [0.25, 0.3) is 0 Å². The molecule has 0 aliphatic heterocycles. The maximum atomic E-state index is 10.7. The molecule has 2 heteroatoms. The number of hydrogen-bond donors (Lipinski definition) is 1. The summed E-state index contributed by atoms with van der Waals surface area (Å²) in [7, 11) is 0. The molecule has 0 unspecified atom stereocenters. The van der Waals surface area contributed by atoms with E-state index in [-0.39, 0.29) is 12.3 Å². The highest BCUT2D eigenvalue weighted by Crippen LogP contribution is 2.15. The minimum Gasteiger partial charge on any atom is -0.369 e. The van der Waals surface area contributed by atoms with E-state index in [9.17, 15) is 4.79 Å². The molecule has 0 saturated carbocycles. The number of nitrogens with two attached hydrogens (primary N) is 1. The molecule has 1 aromatic carbocycles. The highest BCUT2D eigenvalue weighted by Gasteiger charge is 1.99. The van der Waals surface area contributed by atoms with Crippen molar-refractivity contribution in [2.45, 2.75) is 13.3 Å². The van der Waals surface area contributed by atoms with E-state index in [4.69, 9.17) is 5.73 Å². The predicted octanol–water partition coefficient (Wildman–Crippen LogP) is 2.86. The van der Waals surface area contributed by atoms with Gasteiger partial charge in [-0.15, -0.1) is 0 Å². The van der Waals surface area contributed by atoms with Crippen LogP contribution in [-0.2, 0) is 11.2 Å². The van der Waals surface area contributed by atoms with Crippen molar-refractivity contribution in [2.75, 3.05) is 0 Å². The summed E-state index contributed by atoms with van der Waals surface area (Å²) in [4.78, 5) is 10.7. The second-order valence-corrected chi connectivity index (χ2v) is 4.04. The van der Waals surface area contributed by atoms with Crippen LogP contribution in [0.5, 0.6) is 0 Å². The van der Waals surface area contributed by atoms with Gasteiger partial charge in [-0.1, -0.05) is 55.1 Å². The molecule has 0 saturated heterocycles. The normalized spacial score (nSPS) is 10.4. The molecule has 88 valence electrons. The fraction of sp³-hybridized carbons (Fsp3) is 0.133. The monoisotopic (exact) mass is 227 g/mol. The van der Waals surface area contributed by atoms with Crippen molar-refractivity contribution in [1.82, 2.24) is 0 Å². The summed E-state index contributed by atoms with van der Waals surface area (Å²) in [6.07, 6.45) is 4.11. The summed E-state index contributed by atoms with van der Waals surface area (Å²) in [6.45, 7) is 9.69. The van der Waals surface area contributed by atoms with Gasteiger partial charge in [0.15, 0.2) is 0 Å². The highest BCUT2D eigenvalue weighted by atomic mass is 16.1. The maximum Gasteiger partial charge on any atom is 0.221 e. The first-order valence-corrected chi connectivity index (χ1v) is 5.39. The minimum absolute atomic E-state index is 0.272. The van der Waals surface area contributed by atoms with Gasteiger partial charge in [-0.25, -0.2) is 0 Å². The Bertz CT molecular complexity index is 466. The van der Waals surface area contributed by atoms with Crippen molar-refractivity contribution in [1.29, 1.82) is 0 Å². The van der Waals surface area contributed by atoms with Gasteiger partial charge in [-0.2, -0.15) is 0 Å². The Hall–Kier alpha value is -2.09. The standard InChI is InChI=1S/C15H17NO/c1-11(2)4-5-12(3)14-8-6-13(7-9-14)10-15(16)17/h4-9H,1,3,10H2,2H3,(H2,16,17)/b5-4-. The molecule has 0 aliphatic rings. The van der Waals surface area contributed by atoms with Gasteiger partial charge in [0.2, 0.25) is 5.91 Å². The maximum absolute atomic E-state index is 10.7. The number of carbonyl (C=O) groups is 1. The molecule has 0 radical (unpaired) electrons. The molecule has 1 rings (SSSR count). The van der Waals surface area contributed by atoms with Crippen molar-refractivity contribution >= 4 is 11.5 Å². The Morgan fingerprint density at radius 1 is 1.24 bits per heavy atom. The molecular weight excluding hydrogens is 210 g/mol. The average molecular weight is 227 g/mol. The first-order chi connectivity index (χ1) is 7.99. The second kappa shape index (κ2) is 5.85. The van der Waals surface area contributed by atoms with Gasteiger partial charge in [-0.3, -0.25) is 4.79 Å². The van der Waals surface area contributed by atoms with Gasteiger partial charge in [0, 0.05) is 0 Å². The lowest BCUT2D eigenvalue weighted by Crippen LogP contribution is -2.13. The third-order valence-corrected chi connectivity index (χ3v) is 2.27. The van der Waals surface area contributed by atoms with Crippen molar-refractivity contribution in [2.24, 2.45) is 5.73 Å². The number of primary amides is 1. The Labute approximate surface area is 102 Å². The molecule has 0 heterocycles. The molecule has 1 aromatic rings. The van der Waals surface area contributed by atoms with Crippen LogP contribution in [0.3, 0.4) is 0 Å². The molecule has 17 heavy (non-hydrogen) atoms. The lowest BCUT2D eigenvalue weighted by atomic mass is 10.0. The molecule has 2 N–H and O–H groups in total. The molecular formula is C15H17NO. The van der Waals surface area contributed by atoms with Gasteiger partial charge in [-0.05, 0) is 23.6 Å². The van der Waals surface area contributed by atoms with Crippen LogP contribution in [0.1, 0.15) is 18.1 Å². The quantitative estimate of drug-likeness (QED) is 0.772. The molecule has 2 nitrogen and oxygen atoms in total. The summed E-state index contributed by atoms with van der Waals surface area (Å²) >= 11 is 0. The molecule has 0 aliphatic carbocycles. The smallest absolute Gasteiger partial charge is 0.221 e. The van der Waals surface area contributed by atoms with E-state index in [0.29, 0.717) is 0 Å². The first-order valence-electron chi connectivity index (χ1n) is 5.39. The number of rotatable bonds is 5. The zero-order valence-corrected chi connectivity index (χ0v) is 10.1. The van der Waals surface area contributed by atoms with Crippen LogP contribution in [0.2, 0.25) is 0 Å². The van der Waals surface area contributed by atoms with Crippen LogP contribution in [0.25, 0.3) is 5.57 Å². The van der Waals surface area contributed by atoms with E-state index in [0.717, 1.165) is 22.3 Å². The largest absolute Gasteiger partial charge is 0.369 e. The Kier molecular flexibility index (Phi) is 4.46. The summed E-state index contributed by atoms with van der Waals surface area (Å²) in [5.41, 5.74) is 8.96. The summed E-state index contributed by atoms with van der Waals surface area (Å²) in [5.74, 6) is -0.321. The molecule has 0 bridgehead atoms. The SMILES string of the molecule is C=C(C)/C=C\C(=C)c1ccc(CC(N)=O)cc1. The van der Waals surface area contributed by atoms with Crippen LogP contribution in [0.4, 0.5) is 0 Å². The number of allylic oxidation sites excluding steroid dienone is 4. The third-order valence-electron chi connectivity index (χ3n) is 2.27. The first kappa shape index (κ1) is 13.0. The zero-order chi connectivity index (χ0) is 12.8. The second-order valence-electron chi connectivity index (χ2n) is 4.04. The van der Waals surface area contributed by atoms with Gasteiger partial charge < -0.3 is 5.73 Å². The van der Waals surface area contributed by atoms with E-state index in [1.807, 2.05) is 43.3 Å². The van der Waals surface area contributed by atoms with Crippen LogP contribution >= 0.6 is 0 Å².